The Bertz CT molecular complexity index is 3640. The molecule has 0 saturated heterocycles. The van der Waals surface area contributed by atoms with Gasteiger partial charge in [-0.3, -0.25) is 0 Å². The average Bonchev–Trinajstić information content (AvgIpc) is 3.71. The first-order valence-corrected chi connectivity index (χ1v) is 22.0. The topological polar surface area (TPSA) is 8.17 Å². The molecule has 0 N–H and O–H groups in total. The summed E-state index contributed by atoms with van der Waals surface area (Å²) in [5.74, 6) is 0. The van der Waals surface area contributed by atoms with Crippen LogP contribution in [-0.4, -0.2) is 4.57 Å². The minimum Gasteiger partial charge on any atom is -0.310 e. The van der Waals surface area contributed by atoms with E-state index in [2.05, 4.69) is 264 Å². The van der Waals surface area contributed by atoms with Gasteiger partial charge in [-0.2, -0.15) is 0 Å². The van der Waals surface area contributed by atoms with Gasteiger partial charge >= 0.3 is 0 Å². The summed E-state index contributed by atoms with van der Waals surface area (Å²) in [6.45, 7) is 0. The van der Waals surface area contributed by atoms with Crippen LogP contribution in [0, 0.1) is 0 Å². The van der Waals surface area contributed by atoms with Gasteiger partial charge in [-0.05, 0) is 121 Å². The van der Waals surface area contributed by atoms with Gasteiger partial charge in [-0.25, -0.2) is 0 Å². The molecule has 0 fully saturated rings. The Balaban J connectivity index is 1.01. The fourth-order valence-corrected chi connectivity index (χ4v) is 9.81. The van der Waals surface area contributed by atoms with Crippen LogP contribution in [0.1, 0.15) is 0 Å². The lowest BCUT2D eigenvalue weighted by Crippen LogP contribution is -2.11. The molecule has 0 spiro atoms. The van der Waals surface area contributed by atoms with E-state index in [1.54, 1.807) is 0 Å². The van der Waals surface area contributed by atoms with Gasteiger partial charge in [-0.1, -0.05) is 194 Å². The molecule has 11 aromatic carbocycles. The number of para-hydroxylation sites is 3. The molecule has 12 rings (SSSR count). The Labute approximate surface area is 373 Å². The first kappa shape index (κ1) is 37.3. The van der Waals surface area contributed by atoms with Crippen molar-refractivity contribution in [1.29, 1.82) is 0 Å². The Morgan fingerprint density at radius 3 is 1.52 bits per heavy atom. The largest absolute Gasteiger partial charge is 0.310 e. The van der Waals surface area contributed by atoms with Gasteiger partial charge in [0.15, 0.2) is 0 Å². The quantitative estimate of drug-likeness (QED) is 0.139. The summed E-state index contributed by atoms with van der Waals surface area (Å²) in [6, 6.07) is 92.6. The maximum Gasteiger partial charge on any atom is 0.0541 e. The van der Waals surface area contributed by atoms with E-state index in [0.717, 1.165) is 33.9 Å². The van der Waals surface area contributed by atoms with Crippen LogP contribution in [0.25, 0.3) is 93.5 Å². The minimum atomic E-state index is 1.08. The number of aromatic nitrogens is 1. The number of nitrogens with zero attached hydrogens (tertiary/aromatic N) is 2. The highest BCUT2D eigenvalue weighted by atomic mass is 15.1. The first-order valence-electron chi connectivity index (χ1n) is 22.0. The molecule has 0 radical (unpaired) electrons. The van der Waals surface area contributed by atoms with Gasteiger partial charge in [0.2, 0.25) is 0 Å². The lowest BCUT2D eigenvalue weighted by Gasteiger charge is -2.28. The highest BCUT2D eigenvalue weighted by Crippen LogP contribution is 2.44. The second kappa shape index (κ2) is 15.8. The second-order valence-corrected chi connectivity index (χ2v) is 16.5. The van der Waals surface area contributed by atoms with E-state index < -0.39 is 0 Å². The van der Waals surface area contributed by atoms with Crippen molar-refractivity contribution in [3.05, 3.63) is 255 Å². The molecule has 0 bridgehead atoms. The predicted molar refractivity (Wildman–Crippen MR) is 272 cm³/mol. The fourth-order valence-electron chi connectivity index (χ4n) is 9.81. The Morgan fingerprint density at radius 2 is 0.781 bits per heavy atom. The lowest BCUT2D eigenvalue weighted by atomic mass is 9.94. The van der Waals surface area contributed by atoms with Crippen molar-refractivity contribution in [2.75, 3.05) is 4.90 Å². The Kier molecular flexibility index (Phi) is 9.20. The maximum absolute atomic E-state index is 2.42. The van der Waals surface area contributed by atoms with Gasteiger partial charge in [0, 0.05) is 33.4 Å². The molecule has 2 heteroatoms. The van der Waals surface area contributed by atoms with E-state index in [4.69, 9.17) is 0 Å². The van der Waals surface area contributed by atoms with Crippen molar-refractivity contribution in [3.63, 3.8) is 0 Å². The summed E-state index contributed by atoms with van der Waals surface area (Å²) in [4.78, 5) is 2.42. The van der Waals surface area contributed by atoms with Crippen LogP contribution in [0.3, 0.4) is 0 Å². The van der Waals surface area contributed by atoms with Crippen LogP contribution in [-0.2, 0) is 0 Å². The van der Waals surface area contributed by atoms with E-state index in [1.807, 2.05) is 0 Å². The number of benzene rings is 11. The van der Waals surface area contributed by atoms with Crippen molar-refractivity contribution in [1.82, 2.24) is 4.57 Å². The molecule has 0 unspecified atom stereocenters. The van der Waals surface area contributed by atoms with Crippen molar-refractivity contribution in [2.24, 2.45) is 0 Å². The van der Waals surface area contributed by atoms with E-state index in [9.17, 15) is 0 Å². The molecule has 0 saturated carbocycles. The monoisotopic (exact) mass is 814 g/mol. The van der Waals surface area contributed by atoms with Crippen LogP contribution in [0.4, 0.5) is 17.1 Å². The third kappa shape index (κ3) is 6.44. The van der Waals surface area contributed by atoms with Crippen LogP contribution in [0.5, 0.6) is 0 Å². The van der Waals surface area contributed by atoms with Gasteiger partial charge < -0.3 is 9.47 Å². The predicted octanol–water partition coefficient (Wildman–Crippen LogP) is 17.2. The molecule has 0 atom stereocenters. The Hall–Kier alpha value is -8.46. The maximum atomic E-state index is 2.42. The highest BCUT2D eigenvalue weighted by molar-refractivity contribution is 6.13. The van der Waals surface area contributed by atoms with Crippen LogP contribution in [0.2, 0.25) is 0 Å². The van der Waals surface area contributed by atoms with Gasteiger partial charge in [0.05, 0.1) is 16.7 Å². The van der Waals surface area contributed by atoms with Gasteiger partial charge in [0.1, 0.15) is 0 Å². The summed E-state index contributed by atoms with van der Waals surface area (Å²) in [7, 11) is 0. The van der Waals surface area contributed by atoms with Crippen molar-refractivity contribution < 1.29 is 0 Å². The van der Waals surface area contributed by atoms with Crippen molar-refractivity contribution >= 4 is 60.4 Å². The fraction of sp³-hybridized carbons (Fsp3) is 0. The van der Waals surface area contributed by atoms with Crippen LogP contribution >= 0.6 is 0 Å². The van der Waals surface area contributed by atoms with E-state index >= 15 is 0 Å². The molecule has 0 aliphatic heterocycles. The summed E-state index contributed by atoms with van der Waals surface area (Å²) in [5.41, 5.74) is 16.4. The zero-order chi connectivity index (χ0) is 42.4. The zero-order valence-electron chi connectivity index (χ0n) is 35.1. The molecule has 1 heterocycles. The summed E-state index contributed by atoms with van der Waals surface area (Å²) in [6.07, 6.45) is 0. The number of hydrogen-bond donors (Lipinski definition) is 0. The molecule has 300 valence electrons. The molecule has 0 aliphatic rings. The number of fused-ring (bicyclic) bond motifs is 6. The molecule has 2 nitrogen and oxygen atoms in total. The normalized spacial score (nSPS) is 11.4. The van der Waals surface area contributed by atoms with E-state index in [0.29, 0.717) is 0 Å². The van der Waals surface area contributed by atoms with Crippen LogP contribution in [0.15, 0.2) is 255 Å². The first-order chi connectivity index (χ1) is 31.8. The molecule has 0 aliphatic carbocycles. The lowest BCUT2D eigenvalue weighted by molar-refractivity contribution is 1.18. The zero-order valence-corrected chi connectivity index (χ0v) is 35.1. The molecule has 12 aromatic rings. The molecule has 64 heavy (non-hydrogen) atoms. The van der Waals surface area contributed by atoms with E-state index in [1.165, 1.54) is 76.7 Å². The summed E-state index contributed by atoms with van der Waals surface area (Å²) < 4.78 is 2.38. The minimum absolute atomic E-state index is 1.08. The third-order valence-corrected chi connectivity index (χ3v) is 12.8. The number of rotatable bonds is 8. The van der Waals surface area contributed by atoms with Crippen molar-refractivity contribution in [3.8, 4) is 50.2 Å². The third-order valence-electron chi connectivity index (χ3n) is 12.8. The van der Waals surface area contributed by atoms with Crippen molar-refractivity contribution in [2.45, 2.75) is 0 Å². The Morgan fingerprint density at radius 1 is 0.266 bits per heavy atom. The highest BCUT2D eigenvalue weighted by Gasteiger charge is 2.20. The standard InChI is InChI=1S/C62H42N2/c1-3-16-43(17-4-1)51-21-9-10-22-52(51)45-30-36-49(37-31-45)63(50-38-32-46(33-39-50)54-26-15-27-56-53-23-8-7-18-44(53)34-40-57(54)56)60-28-13-11-24-55(60)47-35-41-62-59(42-47)58-25-12-14-29-61(58)64(62)48-19-5-2-6-20-48/h1-42H. The molecule has 0 amide bonds. The molecular formula is C62H42N2. The average molecular weight is 815 g/mol. The number of hydrogen-bond acceptors (Lipinski definition) is 1. The smallest absolute Gasteiger partial charge is 0.0541 e. The second-order valence-electron chi connectivity index (χ2n) is 16.5. The van der Waals surface area contributed by atoms with Crippen LogP contribution < -0.4 is 4.90 Å². The molecular weight excluding hydrogens is 773 g/mol. The SMILES string of the molecule is c1ccc(-c2ccccc2-c2ccc(N(c3ccc(-c4cccc5c4ccc4ccccc45)cc3)c3ccccc3-c3ccc4c(c3)c3ccccc3n4-c3ccccc3)cc2)cc1. The number of anilines is 3. The summed E-state index contributed by atoms with van der Waals surface area (Å²) >= 11 is 0. The summed E-state index contributed by atoms with van der Waals surface area (Å²) in [5, 5.41) is 7.53. The van der Waals surface area contributed by atoms with Gasteiger partial charge in [0.25, 0.3) is 0 Å². The van der Waals surface area contributed by atoms with E-state index in [-0.39, 0.29) is 0 Å². The van der Waals surface area contributed by atoms with Gasteiger partial charge in [-0.15, -0.1) is 0 Å². The molecule has 1 aromatic heterocycles.